The van der Waals surface area contributed by atoms with Gasteiger partial charge in [0.1, 0.15) is 5.82 Å². The second kappa shape index (κ2) is 9.76. The third kappa shape index (κ3) is 4.60. The Morgan fingerprint density at radius 2 is 1.60 bits per heavy atom. The second-order valence-electron chi connectivity index (χ2n) is 8.21. The molecule has 0 aliphatic carbocycles. The third-order valence-electron chi connectivity index (χ3n) is 5.39. The van der Waals surface area contributed by atoms with Gasteiger partial charge in [0, 0.05) is 40.3 Å². The maximum absolute atomic E-state index is 4.73. The number of thiophene rings is 2. The first-order valence-corrected chi connectivity index (χ1v) is 12.4. The molecule has 0 aliphatic heterocycles. The van der Waals surface area contributed by atoms with Crippen LogP contribution in [-0.4, -0.2) is 9.55 Å². The summed E-state index contributed by atoms with van der Waals surface area (Å²) in [7, 11) is 2.08. The number of benzene rings is 1. The summed E-state index contributed by atoms with van der Waals surface area (Å²) in [5.41, 5.74) is 5.26. The van der Waals surface area contributed by atoms with Crippen molar-refractivity contribution in [1.82, 2.24) is 9.55 Å². The van der Waals surface area contributed by atoms with Crippen molar-refractivity contribution in [1.29, 1.82) is 0 Å². The van der Waals surface area contributed by atoms with Gasteiger partial charge in [-0.05, 0) is 58.0 Å². The zero-order valence-corrected chi connectivity index (χ0v) is 20.5. The summed E-state index contributed by atoms with van der Waals surface area (Å²) in [6.45, 7) is 11.2. The van der Waals surface area contributed by atoms with Crippen molar-refractivity contribution >= 4 is 22.7 Å². The molecule has 0 radical (unpaired) electrons. The summed E-state index contributed by atoms with van der Waals surface area (Å²) in [6.07, 6.45) is 6.25. The van der Waals surface area contributed by atoms with E-state index in [-0.39, 0.29) is 5.41 Å². The minimum atomic E-state index is 0.0561. The summed E-state index contributed by atoms with van der Waals surface area (Å²) < 4.78 is 2.13. The lowest BCUT2D eigenvalue weighted by Crippen LogP contribution is -2.18. The summed E-state index contributed by atoms with van der Waals surface area (Å²) in [4.78, 5) is 7.33. The van der Waals surface area contributed by atoms with Crippen LogP contribution in [0.2, 0.25) is 0 Å². The Hall–Kier alpha value is -2.17. The lowest BCUT2D eigenvalue weighted by Gasteiger charge is -2.28. The van der Waals surface area contributed by atoms with Crippen LogP contribution >= 0.6 is 22.7 Å². The molecule has 158 valence electrons. The standard InChI is InChI=1S/C23H24N2S2.C3H8/c1-5-23(2,3)18-15-16(19-8-6-12-26-19)14-17(20-9-7-13-27-20)21(18)22-24-10-11-25(22)4;1-3-2/h6-15H,5H2,1-4H3;3H2,1-2H3. The number of hydrogen-bond acceptors (Lipinski definition) is 3. The van der Waals surface area contributed by atoms with Crippen LogP contribution in [0.15, 0.2) is 59.6 Å². The van der Waals surface area contributed by atoms with Crippen LogP contribution in [0.1, 0.15) is 53.0 Å². The molecule has 4 rings (SSSR count). The largest absolute Gasteiger partial charge is 0.334 e. The topological polar surface area (TPSA) is 17.8 Å². The molecule has 0 unspecified atom stereocenters. The van der Waals surface area contributed by atoms with Crippen molar-refractivity contribution in [2.75, 3.05) is 0 Å². The third-order valence-corrected chi connectivity index (χ3v) is 7.21. The SMILES string of the molecule is CCC.CCC(C)(C)c1cc(-c2cccs2)cc(-c2cccs2)c1-c1nccn1C. The molecule has 0 saturated heterocycles. The van der Waals surface area contributed by atoms with Gasteiger partial charge in [0.2, 0.25) is 0 Å². The summed E-state index contributed by atoms with van der Waals surface area (Å²) in [5.74, 6) is 1.03. The fourth-order valence-corrected chi connectivity index (χ4v) is 4.89. The van der Waals surface area contributed by atoms with Crippen molar-refractivity contribution < 1.29 is 0 Å². The first-order chi connectivity index (χ1) is 14.4. The highest BCUT2D eigenvalue weighted by atomic mass is 32.1. The molecule has 4 aromatic rings. The van der Waals surface area contributed by atoms with E-state index in [9.17, 15) is 0 Å². The Balaban J connectivity index is 0.000000806. The summed E-state index contributed by atoms with van der Waals surface area (Å²) >= 11 is 3.59. The maximum Gasteiger partial charge on any atom is 0.140 e. The number of nitrogens with zero attached hydrogens (tertiary/aromatic N) is 2. The molecule has 0 N–H and O–H groups in total. The summed E-state index contributed by atoms with van der Waals surface area (Å²) in [5, 5.41) is 4.30. The van der Waals surface area contributed by atoms with Gasteiger partial charge in [0.25, 0.3) is 0 Å². The summed E-state index contributed by atoms with van der Waals surface area (Å²) in [6, 6.07) is 13.4. The Kier molecular flexibility index (Phi) is 7.32. The zero-order valence-electron chi connectivity index (χ0n) is 18.9. The van der Waals surface area contributed by atoms with E-state index in [1.165, 1.54) is 38.4 Å². The molecule has 0 saturated carbocycles. The molecule has 3 aromatic heterocycles. The molecule has 0 aliphatic rings. The molecular weight excluding hydrogens is 404 g/mol. The number of aromatic nitrogens is 2. The highest BCUT2D eigenvalue weighted by Crippen LogP contribution is 2.45. The average Bonchev–Trinajstić information content (AvgIpc) is 3.50. The van der Waals surface area contributed by atoms with Gasteiger partial charge < -0.3 is 4.57 Å². The predicted octanol–water partition coefficient (Wildman–Crippen LogP) is 8.65. The van der Waals surface area contributed by atoms with E-state index in [1.807, 2.05) is 12.4 Å². The van der Waals surface area contributed by atoms with Crippen molar-refractivity contribution in [2.45, 2.75) is 52.9 Å². The Labute approximate surface area is 189 Å². The van der Waals surface area contributed by atoms with Crippen LogP contribution in [0.5, 0.6) is 0 Å². The Morgan fingerprint density at radius 3 is 2.10 bits per heavy atom. The van der Waals surface area contributed by atoms with Crippen LogP contribution in [0.25, 0.3) is 32.3 Å². The molecule has 0 atom stereocenters. The fraction of sp³-hybridized carbons (Fsp3) is 0.346. The molecule has 0 amide bonds. The minimum Gasteiger partial charge on any atom is -0.334 e. The first-order valence-electron chi connectivity index (χ1n) is 10.7. The van der Waals surface area contributed by atoms with Crippen LogP contribution in [0.4, 0.5) is 0 Å². The van der Waals surface area contributed by atoms with Crippen LogP contribution in [0.3, 0.4) is 0 Å². The molecule has 0 fully saturated rings. The van der Waals surface area contributed by atoms with E-state index in [2.05, 4.69) is 93.4 Å². The molecule has 0 spiro atoms. The Bertz CT molecular complexity index is 1050. The molecular formula is C26H32N2S2. The monoisotopic (exact) mass is 436 g/mol. The molecule has 4 heteroatoms. The average molecular weight is 437 g/mol. The number of imidazole rings is 1. The van der Waals surface area contributed by atoms with Gasteiger partial charge in [0.15, 0.2) is 0 Å². The van der Waals surface area contributed by atoms with Crippen LogP contribution < -0.4 is 0 Å². The maximum atomic E-state index is 4.73. The number of aryl methyl sites for hydroxylation is 1. The van der Waals surface area contributed by atoms with Gasteiger partial charge in [0.05, 0.1) is 0 Å². The van der Waals surface area contributed by atoms with E-state index in [4.69, 9.17) is 4.98 Å². The number of hydrogen-bond donors (Lipinski definition) is 0. The van der Waals surface area contributed by atoms with Crippen molar-refractivity contribution in [3.05, 3.63) is 65.1 Å². The van der Waals surface area contributed by atoms with Gasteiger partial charge in [-0.3, -0.25) is 0 Å². The highest BCUT2D eigenvalue weighted by molar-refractivity contribution is 7.14. The van der Waals surface area contributed by atoms with Crippen molar-refractivity contribution in [3.8, 4) is 32.3 Å². The van der Waals surface area contributed by atoms with Gasteiger partial charge >= 0.3 is 0 Å². The predicted molar refractivity (Wildman–Crippen MR) is 135 cm³/mol. The van der Waals surface area contributed by atoms with Crippen molar-refractivity contribution in [3.63, 3.8) is 0 Å². The van der Waals surface area contributed by atoms with Crippen molar-refractivity contribution in [2.24, 2.45) is 7.05 Å². The van der Waals surface area contributed by atoms with E-state index in [0.29, 0.717) is 0 Å². The molecule has 1 aromatic carbocycles. The second-order valence-corrected chi connectivity index (χ2v) is 10.1. The smallest absolute Gasteiger partial charge is 0.140 e. The molecule has 2 nitrogen and oxygen atoms in total. The van der Waals surface area contributed by atoms with E-state index in [1.54, 1.807) is 22.7 Å². The van der Waals surface area contributed by atoms with Gasteiger partial charge in [-0.2, -0.15) is 0 Å². The normalized spacial score (nSPS) is 11.3. The molecule has 30 heavy (non-hydrogen) atoms. The lowest BCUT2D eigenvalue weighted by atomic mass is 9.77. The lowest BCUT2D eigenvalue weighted by molar-refractivity contribution is 0.507. The zero-order chi connectivity index (χ0) is 21.7. The van der Waals surface area contributed by atoms with Gasteiger partial charge in [-0.25, -0.2) is 4.98 Å². The van der Waals surface area contributed by atoms with Gasteiger partial charge in [-0.15, -0.1) is 22.7 Å². The quantitative estimate of drug-likeness (QED) is 0.306. The fourth-order valence-electron chi connectivity index (χ4n) is 3.42. The molecule has 3 heterocycles. The van der Waals surface area contributed by atoms with Crippen LogP contribution in [-0.2, 0) is 12.5 Å². The molecule has 0 bridgehead atoms. The minimum absolute atomic E-state index is 0.0561. The van der Waals surface area contributed by atoms with E-state index in [0.717, 1.165) is 12.2 Å². The van der Waals surface area contributed by atoms with E-state index >= 15 is 0 Å². The van der Waals surface area contributed by atoms with Crippen LogP contribution in [0, 0.1) is 0 Å². The Morgan fingerprint density at radius 1 is 0.967 bits per heavy atom. The van der Waals surface area contributed by atoms with Gasteiger partial charge in [-0.1, -0.05) is 53.2 Å². The first kappa shape index (κ1) is 22.5. The highest BCUT2D eigenvalue weighted by Gasteiger charge is 2.28. The van der Waals surface area contributed by atoms with E-state index < -0.39 is 0 Å². The number of rotatable bonds is 5.